The molecule has 0 spiro atoms. The van der Waals surface area contributed by atoms with Gasteiger partial charge in [-0.2, -0.15) is 24.5 Å². The van der Waals surface area contributed by atoms with E-state index in [-0.39, 0.29) is 6.04 Å². The van der Waals surface area contributed by atoms with E-state index in [1.165, 1.54) is 11.3 Å². The molecule has 0 fully saturated rings. The number of aryl methyl sites for hydroxylation is 1. The lowest BCUT2D eigenvalue weighted by atomic mass is 9.80. The second-order valence-corrected chi connectivity index (χ2v) is 13.5. The van der Waals surface area contributed by atoms with Crippen molar-refractivity contribution in [3.63, 3.8) is 0 Å². The first-order valence-electron chi connectivity index (χ1n) is 14.2. The maximum atomic E-state index is 13.4. The fourth-order valence-corrected chi connectivity index (χ4v) is 6.56. The number of cyclic esters (lactones) is 1. The number of carbonyl (C=O) groups excluding carboxylic acids is 1. The molecule has 0 aliphatic carbocycles. The number of thiophene rings is 1. The molecule has 42 heavy (non-hydrogen) atoms. The van der Waals surface area contributed by atoms with Crippen molar-refractivity contribution in [3.8, 4) is 11.3 Å². The van der Waals surface area contributed by atoms with Gasteiger partial charge in [-0.3, -0.25) is 9.48 Å². The van der Waals surface area contributed by atoms with E-state index in [9.17, 15) is 18.0 Å². The Morgan fingerprint density at radius 1 is 0.905 bits per heavy atom. The molecule has 2 atom stereocenters. The van der Waals surface area contributed by atoms with Crippen LogP contribution in [0.4, 0.5) is 13.2 Å². The predicted molar refractivity (Wildman–Crippen MR) is 154 cm³/mol. The van der Waals surface area contributed by atoms with Gasteiger partial charge in [-0.1, -0.05) is 74.4 Å². The van der Waals surface area contributed by atoms with Crippen molar-refractivity contribution in [1.29, 1.82) is 0 Å². The number of unbranched alkanes of at least 4 members (excludes halogenated alkanes) is 8. The first-order valence-corrected chi connectivity index (χ1v) is 17.2. The molecule has 0 bridgehead atoms. The Kier molecular flexibility index (Phi) is 11.1. The highest BCUT2D eigenvalue weighted by atomic mass is 32.1. The average molecular weight is 624 g/mol. The summed E-state index contributed by atoms with van der Waals surface area (Å²) in [5, 5.41) is 12.0. The van der Waals surface area contributed by atoms with Gasteiger partial charge in [0.2, 0.25) is 5.76 Å². The molecule has 1 aliphatic heterocycles. The summed E-state index contributed by atoms with van der Waals surface area (Å²) in [5.41, 5.74) is 2.64. The van der Waals surface area contributed by atoms with Crippen LogP contribution < -0.4 is 0 Å². The van der Waals surface area contributed by atoms with Gasteiger partial charge in [0, 0.05) is 24.1 Å². The molecule has 3 aromatic rings. The normalized spacial score (nSPS) is 17.8. The molecule has 1 aromatic carbocycles. The first kappa shape index (κ1) is 32.1. The second-order valence-electron chi connectivity index (χ2n) is 10.7. The third kappa shape index (κ3) is 9.33. The summed E-state index contributed by atoms with van der Waals surface area (Å²) in [4.78, 5) is 39.7. The van der Waals surface area contributed by atoms with E-state index in [0.717, 1.165) is 69.6 Å². The third-order valence-corrected chi connectivity index (χ3v) is 9.09. The monoisotopic (exact) mass is 623 g/mol. The average Bonchev–Trinajstić information content (AvgIpc) is 3.63. The number of rotatable bonds is 15. The Labute approximate surface area is 247 Å². The van der Waals surface area contributed by atoms with Gasteiger partial charge in [0.15, 0.2) is 0 Å². The topological polar surface area (TPSA) is 118 Å². The van der Waals surface area contributed by atoms with Crippen LogP contribution in [-0.2, 0) is 16.1 Å². The fourth-order valence-electron chi connectivity index (χ4n) is 5.14. The Bertz CT molecular complexity index is 1310. The van der Waals surface area contributed by atoms with Gasteiger partial charge in [0.25, 0.3) is 0 Å². The van der Waals surface area contributed by atoms with Crippen LogP contribution in [0.5, 0.6) is 0 Å². The smallest absolute Gasteiger partial charge is 0.421 e. The minimum atomic E-state index is -4.76. The Morgan fingerprint density at radius 2 is 1.55 bits per heavy atom. The molecule has 0 amide bonds. The fraction of sp³-hybridized carbons (Fsp3) is 0.483. The van der Waals surface area contributed by atoms with E-state index in [0.29, 0.717) is 23.2 Å². The number of hydrogen-bond acceptors (Lipinski definition) is 8. The SMILES string of the molecule is O=C1OC(C(F)(F)F)=C[C@H](c2ccc(-c3cn(CCCCCCCCCCC[Si](O)(O)O)nn3)cc2)[C@H]1c1ccsc1. The van der Waals surface area contributed by atoms with E-state index in [2.05, 4.69) is 15.0 Å². The second kappa shape index (κ2) is 14.6. The molecule has 0 radical (unpaired) electrons. The number of nitrogens with zero attached hydrogens (tertiary/aromatic N) is 3. The molecule has 1 aliphatic rings. The number of benzene rings is 1. The maximum Gasteiger partial charge on any atom is 0.492 e. The quantitative estimate of drug-likeness (QED) is 0.103. The number of ether oxygens (including phenoxy) is 1. The standard InChI is InChI=1S/C29H36F3N3O5SSi/c30-29(31,32)26-18-24(27(28(36)40-26)23-14-16-41-20-23)21-10-12-22(13-11-21)25-19-35(34-33-25)15-8-6-4-2-1-3-5-7-9-17-42(37,38)39/h10-14,16,18-20,24,27,37-39H,1-9,15,17H2/t24-,27-/m1/s1. The van der Waals surface area contributed by atoms with E-state index >= 15 is 0 Å². The lowest BCUT2D eigenvalue weighted by Crippen LogP contribution is -2.33. The minimum absolute atomic E-state index is 0.112. The Morgan fingerprint density at radius 3 is 2.14 bits per heavy atom. The summed E-state index contributed by atoms with van der Waals surface area (Å²) >= 11 is 1.37. The van der Waals surface area contributed by atoms with Crippen LogP contribution in [-0.4, -0.2) is 50.3 Å². The van der Waals surface area contributed by atoms with Gasteiger partial charge in [0.1, 0.15) is 5.69 Å². The summed E-state index contributed by atoms with van der Waals surface area (Å²) in [6, 6.07) is 8.86. The van der Waals surface area contributed by atoms with Crippen molar-refractivity contribution < 1.29 is 37.1 Å². The van der Waals surface area contributed by atoms with Crippen molar-refractivity contribution in [3.05, 3.63) is 70.3 Å². The number of allylic oxidation sites excluding steroid dienone is 2. The maximum absolute atomic E-state index is 13.4. The summed E-state index contributed by atoms with van der Waals surface area (Å²) in [6.07, 6.45) is 7.18. The van der Waals surface area contributed by atoms with Crippen molar-refractivity contribution >= 4 is 26.1 Å². The Balaban J connectivity index is 1.26. The molecular formula is C29H36F3N3O5SSi. The number of esters is 1. The molecule has 2 aromatic heterocycles. The van der Waals surface area contributed by atoms with E-state index in [1.54, 1.807) is 45.8 Å². The van der Waals surface area contributed by atoms with Crippen LogP contribution in [0.25, 0.3) is 11.3 Å². The molecule has 13 heteroatoms. The van der Waals surface area contributed by atoms with Gasteiger partial charge in [-0.15, -0.1) is 5.10 Å². The molecule has 0 unspecified atom stereocenters. The number of carbonyl (C=O) groups is 1. The van der Waals surface area contributed by atoms with Crippen LogP contribution in [0.15, 0.2) is 59.1 Å². The lowest BCUT2D eigenvalue weighted by molar-refractivity contribution is -0.164. The molecule has 0 saturated heterocycles. The van der Waals surface area contributed by atoms with Crippen LogP contribution >= 0.6 is 11.3 Å². The van der Waals surface area contributed by atoms with E-state index < -0.39 is 38.5 Å². The third-order valence-electron chi connectivity index (χ3n) is 7.37. The zero-order valence-electron chi connectivity index (χ0n) is 23.2. The highest BCUT2D eigenvalue weighted by Gasteiger charge is 2.45. The molecule has 8 nitrogen and oxygen atoms in total. The highest BCUT2D eigenvalue weighted by Crippen LogP contribution is 2.44. The zero-order chi connectivity index (χ0) is 30.2. The molecule has 4 rings (SSSR count). The molecule has 3 heterocycles. The minimum Gasteiger partial charge on any atom is -0.421 e. The van der Waals surface area contributed by atoms with Crippen molar-refractivity contribution in [2.24, 2.45) is 0 Å². The largest absolute Gasteiger partial charge is 0.492 e. The van der Waals surface area contributed by atoms with Crippen molar-refractivity contribution in [2.45, 2.75) is 88.4 Å². The summed E-state index contributed by atoms with van der Waals surface area (Å²) in [7, 11) is -3.88. The summed E-state index contributed by atoms with van der Waals surface area (Å²) in [6.45, 7) is 0.734. The van der Waals surface area contributed by atoms with Gasteiger partial charge in [-0.25, -0.2) is 0 Å². The first-order chi connectivity index (χ1) is 20.0. The van der Waals surface area contributed by atoms with Crippen LogP contribution in [0.3, 0.4) is 0 Å². The molecule has 3 N–H and O–H groups in total. The van der Waals surface area contributed by atoms with Crippen LogP contribution in [0.1, 0.15) is 80.8 Å². The number of halogens is 3. The molecular weight excluding hydrogens is 587 g/mol. The van der Waals surface area contributed by atoms with Gasteiger partial charge in [-0.05, 0) is 46.9 Å². The molecule has 0 saturated carbocycles. The van der Waals surface area contributed by atoms with Crippen molar-refractivity contribution in [2.75, 3.05) is 0 Å². The van der Waals surface area contributed by atoms with Crippen LogP contribution in [0.2, 0.25) is 6.04 Å². The van der Waals surface area contributed by atoms with Crippen molar-refractivity contribution in [1.82, 2.24) is 15.0 Å². The van der Waals surface area contributed by atoms with Crippen LogP contribution in [0, 0.1) is 0 Å². The highest BCUT2D eigenvalue weighted by molar-refractivity contribution is 7.08. The van der Waals surface area contributed by atoms with Gasteiger partial charge >= 0.3 is 21.0 Å². The molecule has 228 valence electrons. The van der Waals surface area contributed by atoms with Gasteiger partial charge < -0.3 is 19.1 Å². The number of aromatic nitrogens is 3. The number of alkyl halides is 3. The summed E-state index contributed by atoms with van der Waals surface area (Å²) < 4.78 is 46.8. The van der Waals surface area contributed by atoms with Gasteiger partial charge in [0.05, 0.1) is 12.1 Å². The summed E-state index contributed by atoms with van der Waals surface area (Å²) in [5.74, 6) is -3.89. The number of hydrogen-bond donors (Lipinski definition) is 3. The van der Waals surface area contributed by atoms with E-state index in [4.69, 9.17) is 14.4 Å². The lowest BCUT2D eigenvalue weighted by Gasteiger charge is -2.29. The predicted octanol–water partition coefficient (Wildman–Crippen LogP) is 6.30. The Hall–Kier alpha value is -2.84. The zero-order valence-corrected chi connectivity index (χ0v) is 25.0. The van der Waals surface area contributed by atoms with E-state index in [1.807, 2.05) is 6.20 Å².